The van der Waals surface area contributed by atoms with Gasteiger partial charge in [0.2, 0.25) is 16.8 Å². The number of hydrogen-bond acceptors (Lipinski definition) is 8. The molecule has 0 spiro atoms. The highest BCUT2D eigenvalue weighted by Gasteiger charge is 2.34. The highest BCUT2D eigenvalue weighted by atomic mass is 32.2. The molecule has 3 heterocycles. The Labute approximate surface area is 189 Å². The van der Waals surface area contributed by atoms with E-state index >= 15 is 0 Å². The Balaban J connectivity index is 1.37. The van der Waals surface area contributed by atoms with E-state index in [2.05, 4.69) is 10.3 Å². The zero-order chi connectivity index (χ0) is 22.9. The number of nitrogens with zero attached hydrogens (tertiary/aromatic N) is 2. The van der Waals surface area contributed by atoms with Crippen LogP contribution in [0.3, 0.4) is 0 Å². The van der Waals surface area contributed by atoms with E-state index in [1.807, 2.05) is 25.1 Å². The van der Waals surface area contributed by atoms with Crippen LogP contribution in [0.5, 0.6) is 0 Å². The molecule has 9 nitrogen and oxygen atoms in total. The zero-order valence-corrected chi connectivity index (χ0v) is 19.3. The minimum absolute atomic E-state index is 0.134. The van der Waals surface area contributed by atoms with Crippen molar-refractivity contribution >= 4 is 49.1 Å². The fourth-order valence-corrected chi connectivity index (χ4v) is 5.87. The lowest BCUT2D eigenvalue weighted by atomic mass is 9.97. The van der Waals surface area contributed by atoms with Crippen LogP contribution in [0.25, 0.3) is 10.2 Å². The van der Waals surface area contributed by atoms with Gasteiger partial charge in [-0.05, 0) is 57.0 Å². The van der Waals surface area contributed by atoms with Crippen LogP contribution in [0.4, 0.5) is 5.69 Å². The Morgan fingerprint density at radius 2 is 2.00 bits per heavy atom. The highest BCUT2D eigenvalue weighted by Crippen LogP contribution is 2.28. The molecule has 0 saturated carbocycles. The normalized spacial score (nSPS) is 15.7. The van der Waals surface area contributed by atoms with Crippen molar-refractivity contribution in [1.82, 2.24) is 9.29 Å². The average Bonchev–Trinajstić information content (AvgIpc) is 3.40. The summed E-state index contributed by atoms with van der Waals surface area (Å²) >= 11 is 1.56. The number of carbonyl (C=O) groups is 2. The van der Waals surface area contributed by atoms with E-state index in [1.165, 1.54) is 16.4 Å². The molecule has 32 heavy (non-hydrogen) atoms. The average molecular weight is 478 g/mol. The summed E-state index contributed by atoms with van der Waals surface area (Å²) in [6.45, 7) is 4.11. The van der Waals surface area contributed by atoms with Crippen LogP contribution in [-0.4, -0.2) is 49.3 Å². The molecule has 1 saturated heterocycles. The first-order valence-corrected chi connectivity index (χ1v) is 12.5. The molecule has 3 aromatic rings. The summed E-state index contributed by atoms with van der Waals surface area (Å²) < 4.78 is 38.0. The number of amides is 1. The van der Waals surface area contributed by atoms with Gasteiger partial charge in [-0.1, -0.05) is 0 Å². The monoisotopic (exact) mass is 477 g/mol. The number of fused-ring (bicyclic) bond motifs is 1. The lowest BCUT2D eigenvalue weighted by molar-refractivity contribution is -0.120. The van der Waals surface area contributed by atoms with Crippen LogP contribution < -0.4 is 5.32 Å². The SMILES string of the molecule is CCOC(=O)c1ccc(S(=O)(=O)N2CCC(C(=O)Nc3ccc4nc(C)sc4c3)CC2)o1. The van der Waals surface area contributed by atoms with Gasteiger partial charge in [0.1, 0.15) is 0 Å². The van der Waals surface area contributed by atoms with E-state index in [-0.39, 0.29) is 42.4 Å². The van der Waals surface area contributed by atoms with Gasteiger partial charge in [0.15, 0.2) is 0 Å². The smallest absolute Gasteiger partial charge is 0.374 e. The van der Waals surface area contributed by atoms with Crippen molar-refractivity contribution in [2.75, 3.05) is 25.0 Å². The third-order valence-corrected chi connectivity index (χ3v) is 7.95. The number of ether oxygens (including phenoxy) is 1. The van der Waals surface area contributed by atoms with E-state index in [0.717, 1.165) is 15.2 Å². The summed E-state index contributed by atoms with van der Waals surface area (Å²) in [7, 11) is -3.90. The van der Waals surface area contributed by atoms with E-state index in [4.69, 9.17) is 9.15 Å². The van der Waals surface area contributed by atoms with Gasteiger partial charge in [0.05, 0.1) is 21.8 Å². The Bertz CT molecular complexity index is 1260. The molecule has 4 rings (SSSR count). The van der Waals surface area contributed by atoms with Crippen molar-refractivity contribution in [2.45, 2.75) is 31.8 Å². The zero-order valence-electron chi connectivity index (χ0n) is 17.7. The Morgan fingerprint density at radius 1 is 1.25 bits per heavy atom. The van der Waals surface area contributed by atoms with Crippen LogP contribution in [0.1, 0.15) is 35.3 Å². The summed E-state index contributed by atoms with van der Waals surface area (Å²) in [6, 6.07) is 8.12. The molecule has 1 fully saturated rings. The molecular weight excluding hydrogens is 454 g/mol. The second-order valence-electron chi connectivity index (χ2n) is 7.42. The maximum atomic E-state index is 12.8. The third kappa shape index (κ3) is 4.54. The van der Waals surface area contributed by atoms with Gasteiger partial charge >= 0.3 is 5.97 Å². The second-order valence-corrected chi connectivity index (χ2v) is 10.5. The van der Waals surface area contributed by atoms with Crippen molar-refractivity contribution in [3.05, 3.63) is 41.1 Å². The van der Waals surface area contributed by atoms with Gasteiger partial charge in [-0.25, -0.2) is 18.2 Å². The summed E-state index contributed by atoms with van der Waals surface area (Å²) in [6.07, 6.45) is 0.775. The number of anilines is 1. The molecule has 0 bridgehead atoms. The Hall–Kier alpha value is -2.76. The van der Waals surface area contributed by atoms with E-state index in [1.54, 1.807) is 18.3 Å². The van der Waals surface area contributed by atoms with Gasteiger partial charge in [-0.2, -0.15) is 4.31 Å². The maximum Gasteiger partial charge on any atom is 0.374 e. The number of sulfonamides is 1. The quantitative estimate of drug-likeness (QED) is 0.540. The minimum Gasteiger partial charge on any atom is -0.460 e. The first-order chi connectivity index (χ1) is 15.3. The number of hydrogen-bond donors (Lipinski definition) is 1. The number of esters is 1. The molecule has 11 heteroatoms. The summed E-state index contributed by atoms with van der Waals surface area (Å²) in [5.41, 5.74) is 1.59. The highest BCUT2D eigenvalue weighted by molar-refractivity contribution is 7.89. The van der Waals surface area contributed by atoms with Crippen molar-refractivity contribution in [1.29, 1.82) is 0 Å². The molecule has 1 aliphatic rings. The summed E-state index contributed by atoms with van der Waals surface area (Å²) in [5, 5.41) is 3.58. The molecule has 1 amide bonds. The number of thiazole rings is 1. The fraction of sp³-hybridized carbons (Fsp3) is 0.381. The van der Waals surface area contributed by atoms with Crippen LogP contribution in [-0.2, 0) is 19.6 Å². The molecule has 170 valence electrons. The predicted octanol–water partition coefficient (Wildman–Crippen LogP) is 3.41. The standard InChI is InChI=1S/C21H23N3O6S2/c1-3-29-21(26)17-6-7-19(30-17)32(27,28)24-10-8-14(9-11-24)20(25)23-15-4-5-16-18(12-15)31-13(2)22-16/h4-7,12,14H,3,8-11H2,1-2H3,(H,23,25). The van der Waals surface area contributed by atoms with Crippen molar-refractivity contribution < 1.29 is 27.2 Å². The van der Waals surface area contributed by atoms with Gasteiger partial charge in [-0.15, -0.1) is 11.3 Å². The van der Waals surface area contributed by atoms with Gasteiger partial charge in [-0.3, -0.25) is 4.79 Å². The van der Waals surface area contributed by atoms with Crippen LogP contribution in [0.2, 0.25) is 0 Å². The number of piperidine rings is 1. The van der Waals surface area contributed by atoms with Gasteiger partial charge in [0.25, 0.3) is 10.0 Å². The van der Waals surface area contributed by atoms with E-state index in [9.17, 15) is 18.0 Å². The molecular formula is C21H23N3O6S2. The molecule has 0 radical (unpaired) electrons. The summed E-state index contributed by atoms with van der Waals surface area (Å²) in [4.78, 5) is 28.9. The van der Waals surface area contributed by atoms with Crippen LogP contribution >= 0.6 is 11.3 Å². The lowest BCUT2D eigenvalue weighted by Crippen LogP contribution is -2.41. The van der Waals surface area contributed by atoms with Crippen molar-refractivity contribution in [2.24, 2.45) is 5.92 Å². The molecule has 0 atom stereocenters. The van der Waals surface area contributed by atoms with Crippen LogP contribution in [0, 0.1) is 12.8 Å². The third-order valence-electron chi connectivity index (χ3n) is 5.24. The molecule has 1 aliphatic heterocycles. The van der Waals surface area contributed by atoms with E-state index in [0.29, 0.717) is 18.5 Å². The maximum absolute atomic E-state index is 12.8. The number of nitrogens with one attached hydrogen (secondary N) is 1. The molecule has 0 aliphatic carbocycles. The first kappa shape index (κ1) is 22.4. The number of aryl methyl sites for hydroxylation is 1. The number of aromatic nitrogens is 1. The molecule has 2 aromatic heterocycles. The topological polar surface area (TPSA) is 119 Å². The summed E-state index contributed by atoms with van der Waals surface area (Å²) in [5.74, 6) is -1.30. The predicted molar refractivity (Wildman–Crippen MR) is 119 cm³/mol. The number of carbonyl (C=O) groups excluding carboxylic acids is 2. The van der Waals surface area contributed by atoms with E-state index < -0.39 is 16.0 Å². The molecule has 1 aromatic carbocycles. The number of benzene rings is 1. The van der Waals surface area contributed by atoms with Crippen molar-refractivity contribution in [3.8, 4) is 0 Å². The number of rotatable bonds is 6. The lowest BCUT2D eigenvalue weighted by Gasteiger charge is -2.29. The van der Waals surface area contributed by atoms with Gasteiger partial charge < -0.3 is 14.5 Å². The van der Waals surface area contributed by atoms with Crippen LogP contribution in [0.15, 0.2) is 39.8 Å². The fourth-order valence-electron chi connectivity index (χ4n) is 3.62. The largest absolute Gasteiger partial charge is 0.460 e. The molecule has 0 unspecified atom stereocenters. The molecule has 1 N–H and O–H groups in total. The van der Waals surface area contributed by atoms with Gasteiger partial charge in [0, 0.05) is 24.7 Å². The Kier molecular flexibility index (Phi) is 6.31. The Morgan fingerprint density at radius 3 is 2.72 bits per heavy atom. The minimum atomic E-state index is -3.90. The van der Waals surface area contributed by atoms with Crippen molar-refractivity contribution in [3.63, 3.8) is 0 Å². The second kappa shape index (κ2) is 9.00. The number of furan rings is 1. The first-order valence-electron chi connectivity index (χ1n) is 10.2.